The quantitative estimate of drug-likeness (QED) is 0.815. The maximum Gasteiger partial charge on any atom is 0.240 e. The molecule has 2 rings (SSSR count). The van der Waals surface area contributed by atoms with Crippen molar-refractivity contribution in [3.05, 3.63) is 17.7 Å². The van der Waals surface area contributed by atoms with Crippen LogP contribution in [0.5, 0.6) is 11.5 Å². The standard InChI is InChI=1S/C12H16ClNO4S/c1-17-11-6-10(5-8(7-13)12(11)18-2)19(15,16)14-9-3-4-9/h5-6,9,14H,3-4,7H2,1-2H3. The molecule has 0 atom stereocenters. The average Bonchev–Trinajstić information content (AvgIpc) is 3.19. The van der Waals surface area contributed by atoms with Crippen LogP contribution in [0.2, 0.25) is 0 Å². The third-order valence-electron chi connectivity index (χ3n) is 2.88. The number of benzene rings is 1. The summed E-state index contributed by atoms with van der Waals surface area (Å²) in [5.74, 6) is 0.964. The molecule has 0 unspecified atom stereocenters. The molecule has 1 N–H and O–H groups in total. The van der Waals surface area contributed by atoms with Crippen LogP contribution in [0.25, 0.3) is 0 Å². The van der Waals surface area contributed by atoms with E-state index in [4.69, 9.17) is 21.1 Å². The first-order valence-corrected chi connectivity index (χ1v) is 7.86. The van der Waals surface area contributed by atoms with Crippen LogP contribution in [0.3, 0.4) is 0 Å². The summed E-state index contributed by atoms with van der Waals surface area (Å²) in [5.41, 5.74) is 0.583. The number of sulfonamides is 1. The monoisotopic (exact) mass is 305 g/mol. The Morgan fingerprint density at radius 3 is 2.47 bits per heavy atom. The molecule has 1 aliphatic rings. The van der Waals surface area contributed by atoms with Crippen molar-refractivity contribution < 1.29 is 17.9 Å². The lowest BCUT2D eigenvalue weighted by Crippen LogP contribution is -2.25. The lowest BCUT2D eigenvalue weighted by molar-refractivity contribution is 0.351. The summed E-state index contributed by atoms with van der Waals surface area (Å²) < 4.78 is 37.3. The van der Waals surface area contributed by atoms with Gasteiger partial charge in [0.05, 0.1) is 25.0 Å². The van der Waals surface area contributed by atoms with Gasteiger partial charge in [-0.1, -0.05) is 0 Å². The van der Waals surface area contributed by atoms with Crippen molar-refractivity contribution in [1.82, 2.24) is 4.72 Å². The Hall–Kier alpha value is -0.980. The second-order valence-corrected chi connectivity index (χ2v) is 6.33. The first kappa shape index (κ1) is 14.4. The summed E-state index contributed by atoms with van der Waals surface area (Å²) >= 11 is 5.83. The molecule has 1 aromatic carbocycles. The highest BCUT2D eigenvalue weighted by Crippen LogP contribution is 2.35. The van der Waals surface area contributed by atoms with Gasteiger partial charge in [-0.3, -0.25) is 0 Å². The molecule has 106 valence electrons. The van der Waals surface area contributed by atoms with Gasteiger partial charge in [0.25, 0.3) is 0 Å². The van der Waals surface area contributed by atoms with Crippen molar-refractivity contribution in [2.24, 2.45) is 0 Å². The second kappa shape index (κ2) is 5.56. The molecule has 0 aromatic heterocycles. The number of rotatable bonds is 6. The van der Waals surface area contributed by atoms with Crippen molar-refractivity contribution in [2.75, 3.05) is 14.2 Å². The molecule has 1 saturated carbocycles. The van der Waals surface area contributed by atoms with E-state index in [0.717, 1.165) is 12.8 Å². The highest BCUT2D eigenvalue weighted by atomic mass is 35.5. The summed E-state index contributed by atoms with van der Waals surface area (Å²) in [6, 6.07) is 3.01. The van der Waals surface area contributed by atoms with Crippen LogP contribution in [0.15, 0.2) is 17.0 Å². The fourth-order valence-electron chi connectivity index (χ4n) is 1.76. The Morgan fingerprint density at radius 1 is 1.32 bits per heavy atom. The minimum Gasteiger partial charge on any atom is -0.493 e. The molecule has 0 aliphatic heterocycles. The van der Waals surface area contributed by atoms with Crippen molar-refractivity contribution in [2.45, 2.75) is 29.7 Å². The maximum atomic E-state index is 12.2. The van der Waals surface area contributed by atoms with Crippen LogP contribution in [-0.4, -0.2) is 28.7 Å². The Kier molecular flexibility index (Phi) is 4.23. The van der Waals surface area contributed by atoms with Gasteiger partial charge in [-0.15, -0.1) is 11.6 Å². The second-order valence-electron chi connectivity index (χ2n) is 4.35. The van der Waals surface area contributed by atoms with Gasteiger partial charge in [-0.2, -0.15) is 0 Å². The SMILES string of the molecule is COc1cc(S(=O)(=O)NC2CC2)cc(CCl)c1OC. The summed E-state index contributed by atoms with van der Waals surface area (Å²) in [4.78, 5) is 0.146. The number of halogens is 1. The lowest BCUT2D eigenvalue weighted by Gasteiger charge is -2.14. The largest absolute Gasteiger partial charge is 0.493 e. The Bertz CT molecular complexity index is 544. The van der Waals surface area contributed by atoms with Crippen molar-refractivity contribution in [3.63, 3.8) is 0 Å². The van der Waals surface area contributed by atoms with E-state index in [0.29, 0.717) is 17.1 Å². The van der Waals surface area contributed by atoms with E-state index in [1.54, 1.807) is 0 Å². The Labute approximate surface area is 117 Å². The minimum atomic E-state index is -3.53. The summed E-state index contributed by atoms with van der Waals surface area (Å²) in [5, 5.41) is 0. The molecule has 19 heavy (non-hydrogen) atoms. The molecular weight excluding hydrogens is 290 g/mol. The summed E-state index contributed by atoms with van der Waals surface area (Å²) in [6.07, 6.45) is 1.77. The Morgan fingerprint density at radius 2 is 2.00 bits per heavy atom. The van der Waals surface area contributed by atoms with Gasteiger partial charge in [0, 0.05) is 17.7 Å². The van der Waals surface area contributed by atoms with Gasteiger partial charge in [0.15, 0.2) is 11.5 Å². The van der Waals surface area contributed by atoms with E-state index in [2.05, 4.69) is 4.72 Å². The highest BCUT2D eigenvalue weighted by molar-refractivity contribution is 7.89. The highest BCUT2D eigenvalue weighted by Gasteiger charge is 2.29. The summed E-state index contributed by atoms with van der Waals surface area (Å²) in [6.45, 7) is 0. The Balaban J connectivity index is 2.45. The molecule has 0 bridgehead atoms. The zero-order valence-corrected chi connectivity index (χ0v) is 12.3. The van der Waals surface area contributed by atoms with Gasteiger partial charge in [0.2, 0.25) is 10.0 Å². The number of alkyl halides is 1. The molecule has 0 amide bonds. The topological polar surface area (TPSA) is 64.6 Å². The maximum absolute atomic E-state index is 12.2. The van der Waals surface area contributed by atoms with Crippen LogP contribution in [0.4, 0.5) is 0 Å². The van der Waals surface area contributed by atoms with Crippen LogP contribution in [0.1, 0.15) is 18.4 Å². The van der Waals surface area contributed by atoms with Crippen molar-refractivity contribution in [3.8, 4) is 11.5 Å². The molecular formula is C12H16ClNO4S. The van der Waals surface area contributed by atoms with Crippen LogP contribution in [-0.2, 0) is 15.9 Å². The predicted molar refractivity (Wildman–Crippen MR) is 72.4 cm³/mol. The van der Waals surface area contributed by atoms with Gasteiger partial charge in [-0.25, -0.2) is 13.1 Å². The van der Waals surface area contributed by atoms with Gasteiger partial charge in [-0.05, 0) is 18.9 Å². The minimum absolute atomic E-state index is 0.0533. The van der Waals surface area contributed by atoms with Gasteiger partial charge < -0.3 is 9.47 Å². The van der Waals surface area contributed by atoms with E-state index in [1.165, 1.54) is 26.4 Å². The van der Waals surface area contributed by atoms with Crippen LogP contribution < -0.4 is 14.2 Å². The molecule has 1 aliphatic carbocycles. The zero-order valence-electron chi connectivity index (χ0n) is 10.8. The summed E-state index contributed by atoms with van der Waals surface area (Å²) in [7, 11) is -0.582. The number of hydrogen-bond acceptors (Lipinski definition) is 4. The third kappa shape index (κ3) is 3.13. The van der Waals surface area contributed by atoms with Crippen molar-refractivity contribution >= 4 is 21.6 Å². The molecule has 0 heterocycles. The average molecular weight is 306 g/mol. The third-order valence-corrected chi connectivity index (χ3v) is 4.67. The smallest absolute Gasteiger partial charge is 0.240 e. The van der Waals surface area contributed by atoms with Crippen LogP contribution in [0, 0.1) is 0 Å². The molecule has 5 nitrogen and oxygen atoms in total. The fourth-order valence-corrected chi connectivity index (χ4v) is 3.33. The molecule has 0 saturated heterocycles. The van der Waals surface area contributed by atoms with E-state index >= 15 is 0 Å². The van der Waals surface area contributed by atoms with E-state index in [-0.39, 0.29) is 16.8 Å². The zero-order chi connectivity index (χ0) is 14.0. The molecule has 1 fully saturated rings. The van der Waals surface area contributed by atoms with Crippen LogP contribution >= 0.6 is 11.6 Å². The predicted octanol–water partition coefficient (Wildman–Crippen LogP) is 1.88. The molecule has 0 spiro atoms. The fraction of sp³-hybridized carbons (Fsp3) is 0.500. The normalized spacial score (nSPS) is 15.3. The van der Waals surface area contributed by atoms with E-state index < -0.39 is 10.0 Å². The van der Waals surface area contributed by atoms with Crippen molar-refractivity contribution in [1.29, 1.82) is 0 Å². The molecule has 7 heteroatoms. The van der Waals surface area contributed by atoms with Gasteiger partial charge in [0.1, 0.15) is 0 Å². The van der Waals surface area contributed by atoms with E-state index in [1.807, 2.05) is 0 Å². The number of ether oxygens (including phenoxy) is 2. The lowest BCUT2D eigenvalue weighted by atomic mass is 10.2. The molecule has 0 radical (unpaired) electrons. The van der Waals surface area contributed by atoms with E-state index in [9.17, 15) is 8.42 Å². The number of nitrogens with one attached hydrogen (secondary N) is 1. The number of hydrogen-bond donors (Lipinski definition) is 1. The first-order valence-electron chi connectivity index (χ1n) is 5.85. The van der Waals surface area contributed by atoms with Gasteiger partial charge >= 0.3 is 0 Å². The number of methoxy groups -OCH3 is 2. The molecule has 1 aromatic rings. The first-order chi connectivity index (χ1) is 9.01.